The molecule has 1 N–H and O–H groups in total. The van der Waals surface area contributed by atoms with E-state index in [1.807, 2.05) is 26.0 Å². The Bertz CT molecular complexity index is 1110. The summed E-state index contributed by atoms with van der Waals surface area (Å²) in [6.07, 6.45) is 0. The number of nitrogens with one attached hydrogen (secondary N) is 1. The van der Waals surface area contributed by atoms with Crippen LogP contribution in [0.25, 0.3) is 17.0 Å². The maximum atomic E-state index is 13.6. The summed E-state index contributed by atoms with van der Waals surface area (Å²) >= 11 is 6.16. The molecule has 2 aromatic carbocycles. The van der Waals surface area contributed by atoms with E-state index in [0.717, 1.165) is 5.56 Å². The van der Waals surface area contributed by atoms with Gasteiger partial charge in [-0.2, -0.15) is 4.98 Å². The van der Waals surface area contributed by atoms with Crippen molar-refractivity contribution < 1.29 is 13.7 Å². The molecule has 29 heavy (non-hydrogen) atoms. The topological polar surface area (TPSA) is 71.3 Å². The predicted molar refractivity (Wildman–Crippen MR) is 107 cm³/mol. The highest BCUT2D eigenvalue weighted by Gasteiger charge is 2.35. The van der Waals surface area contributed by atoms with Gasteiger partial charge in [-0.05, 0) is 43.7 Å². The molecule has 0 fully saturated rings. The van der Waals surface area contributed by atoms with Crippen LogP contribution >= 0.6 is 11.6 Å². The van der Waals surface area contributed by atoms with E-state index in [1.54, 1.807) is 29.2 Å². The number of allylic oxidation sites excluding steroid dienone is 1. The molecule has 1 atom stereocenters. The van der Waals surface area contributed by atoms with Gasteiger partial charge >= 0.3 is 6.03 Å². The molecule has 6 nitrogen and oxygen atoms in total. The second-order valence-corrected chi connectivity index (χ2v) is 7.05. The standard InChI is InChI=1S/C21H18ClFN4O2/c1-3-27-12(2)17(18(24-21(27)28)13-6-4-8-15(22)10-13)20-25-19(26-29-20)14-7-5-9-16(23)11-14/h4-11,18H,3H2,1-2H3,(H,24,28). The summed E-state index contributed by atoms with van der Waals surface area (Å²) in [4.78, 5) is 18.7. The molecule has 0 spiro atoms. The van der Waals surface area contributed by atoms with Crippen LogP contribution in [0.1, 0.15) is 31.3 Å². The summed E-state index contributed by atoms with van der Waals surface area (Å²) in [6.45, 7) is 4.20. The average Bonchev–Trinajstić information content (AvgIpc) is 3.17. The minimum atomic E-state index is -0.509. The number of benzene rings is 2. The van der Waals surface area contributed by atoms with Crippen LogP contribution in [0.4, 0.5) is 9.18 Å². The van der Waals surface area contributed by atoms with Gasteiger partial charge in [0, 0.05) is 22.8 Å². The number of nitrogens with zero attached hydrogens (tertiary/aromatic N) is 3. The number of amides is 2. The number of carbonyl (C=O) groups is 1. The molecule has 0 radical (unpaired) electrons. The lowest BCUT2D eigenvalue weighted by Gasteiger charge is -2.34. The summed E-state index contributed by atoms with van der Waals surface area (Å²) in [5.41, 5.74) is 2.67. The fourth-order valence-electron chi connectivity index (χ4n) is 3.45. The van der Waals surface area contributed by atoms with Gasteiger partial charge in [-0.3, -0.25) is 4.90 Å². The summed E-state index contributed by atoms with van der Waals surface area (Å²) in [6, 6.07) is 12.5. The number of hydrogen-bond acceptors (Lipinski definition) is 4. The minimum Gasteiger partial charge on any atom is -0.334 e. The molecule has 1 aliphatic heterocycles. The van der Waals surface area contributed by atoms with Crippen LogP contribution in [0.2, 0.25) is 5.02 Å². The van der Waals surface area contributed by atoms with Crippen molar-refractivity contribution in [2.24, 2.45) is 0 Å². The zero-order chi connectivity index (χ0) is 20.5. The second kappa shape index (κ2) is 7.67. The van der Waals surface area contributed by atoms with Crippen LogP contribution < -0.4 is 5.32 Å². The smallest absolute Gasteiger partial charge is 0.322 e. The quantitative estimate of drug-likeness (QED) is 0.651. The normalized spacial score (nSPS) is 16.9. The molecule has 0 aliphatic carbocycles. The summed E-state index contributed by atoms with van der Waals surface area (Å²) in [5, 5.41) is 7.54. The van der Waals surface area contributed by atoms with Crippen molar-refractivity contribution in [2.75, 3.05) is 6.54 Å². The summed E-state index contributed by atoms with van der Waals surface area (Å²) in [7, 11) is 0. The molecule has 2 amide bonds. The van der Waals surface area contributed by atoms with E-state index in [1.165, 1.54) is 12.1 Å². The molecule has 2 heterocycles. The van der Waals surface area contributed by atoms with Gasteiger partial charge in [-0.1, -0.05) is 41.0 Å². The Kier molecular flexibility index (Phi) is 5.07. The Balaban J connectivity index is 1.83. The van der Waals surface area contributed by atoms with Crippen LogP contribution in [0.5, 0.6) is 0 Å². The minimum absolute atomic E-state index is 0.219. The first kappa shape index (κ1) is 19.1. The van der Waals surface area contributed by atoms with Gasteiger partial charge < -0.3 is 9.84 Å². The van der Waals surface area contributed by atoms with Gasteiger partial charge in [0.05, 0.1) is 11.6 Å². The lowest BCUT2D eigenvalue weighted by molar-refractivity contribution is 0.207. The molecule has 4 rings (SSSR count). The fourth-order valence-corrected chi connectivity index (χ4v) is 3.65. The average molecular weight is 413 g/mol. The maximum Gasteiger partial charge on any atom is 0.322 e. The van der Waals surface area contributed by atoms with Gasteiger partial charge in [0.15, 0.2) is 0 Å². The van der Waals surface area contributed by atoms with Crippen molar-refractivity contribution in [2.45, 2.75) is 19.9 Å². The number of rotatable bonds is 4. The summed E-state index contributed by atoms with van der Waals surface area (Å²) < 4.78 is 19.1. The molecule has 148 valence electrons. The van der Waals surface area contributed by atoms with Crippen LogP contribution in [-0.4, -0.2) is 27.6 Å². The van der Waals surface area contributed by atoms with Gasteiger partial charge in [0.25, 0.3) is 5.89 Å². The zero-order valence-electron chi connectivity index (χ0n) is 15.8. The Labute approximate surface area is 172 Å². The third-order valence-corrected chi connectivity index (χ3v) is 5.07. The van der Waals surface area contributed by atoms with Gasteiger partial charge in [0.1, 0.15) is 5.82 Å². The molecule has 0 bridgehead atoms. The maximum absolute atomic E-state index is 13.6. The molecule has 3 aromatic rings. The number of hydrogen-bond donors (Lipinski definition) is 1. The zero-order valence-corrected chi connectivity index (χ0v) is 16.6. The van der Waals surface area contributed by atoms with Crippen molar-refractivity contribution in [1.82, 2.24) is 20.4 Å². The molecule has 1 aromatic heterocycles. The second-order valence-electron chi connectivity index (χ2n) is 6.61. The molecule has 1 unspecified atom stereocenters. The number of carbonyl (C=O) groups excluding carboxylic acids is 1. The molecule has 0 saturated heterocycles. The first-order valence-corrected chi connectivity index (χ1v) is 9.50. The van der Waals surface area contributed by atoms with Crippen molar-refractivity contribution >= 4 is 23.2 Å². The molecule has 8 heteroatoms. The lowest BCUT2D eigenvalue weighted by Crippen LogP contribution is -2.45. The third-order valence-electron chi connectivity index (χ3n) is 4.83. The summed E-state index contributed by atoms with van der Waals surface area (Å²) in [5.74, 6) is 0.137. The van der Waals surface area contributed by atoms with Crippen molar-refractivity contribution in [3.8, 4) is 11.4 Å². The predicted octanol–water partition coefficient (Wildman–Crippen LogP) is 5.05. The fraction of sp³-hybridized carbons (Fsp3) is 0.190. The van der Waals surface area contributed by atoms with Gasteiger partial charge in [-0.25, -0.2) is 9.18 Å². The highest BCUT2D eigenvalue weighted by molar-refractivity contribution is 6.30. The van der Waals surface area contributed by atoms with E-state index in [-0.39, 0.29) is 23.6 Å². The highest BCUT2D eigenvalue weighted by Crippen LogP contribution is 2.37. The lowest BCUT2D eigenvalue weighted by atomic mass is 9.94. The highest BCUT2D eigenvalue weighted by atomic mass is 35.5. The number of halogens is 2. The van der Waals surface area contributed by atoms with Gasteiger partial charge in [-0.15, -0.1) is 0 Å². The van der Waals surface area contributed by atoms with Crippen LogP contribution in [0.3, 0.4) is 0 Å². The molecular weight excluding hydrogens is 395 g/mol. The largest absolute Gasteiger partial charge is 0.334 e. The SMILES string of the molecule is CCN1C(=O)NC(c2cccc(Cl)c2)C(c2nc(-c3cccc(F)c3)no2)=C1C. The number of urea groups is 1. The van der Waals surface area contributed by atoms with E-state index >= 15 is 0 Å². The monoisotopic (exact) mass is 412 g/mol. The number of aromatic nitrogens is 2. The van der Waals surface area contributed by atoms with Crippen LogP contribution in [0, 0.1) is 5.82 Å². The van der Waals surface area contributed by atoms with E-state index in [4.69, 9.17) is 16.1 Å². The van der Waals surface area contributed by atoms with Crippen LogP contribution in [0.15, 0.2) is 58.8 Å². The Morgan fingerprint density at radius 3 is 2.76 bits per heavy atom. The van der Waals surface area contributed by atoms with E-state index in [9.17, 15) is 9.18 Å². The Morgan fingerprint density at radius 1 is 1.24 bits per heavy atom. The molecule has 0 saturated carbocycles. The Morgan fingerprint density at radius 2 is 2.03 bits per heavy atom. The first-order valence-electron chi connectivity index (χ1n) is 9.12. The van der Waals surface area contributed by atoms with E-state index in [2.05, 4.69) is 15.5 Å². The van der Waals surface area contributed by atoms with Crippen molar-refractivity contribution in [3.05, 3.63) is 76.5 Å². The van der Waals surface area contributed by atoms with Crippen LogP contribution in [-0.2, 0) is 0 Å². The van der Waals surface area contributed by atoms with Crippen molar-refractivity contribution in [1.29, 1.82) is 0 Å². The first-order chi connectivity index (χ1) is 14.0. The van der Waals surface area contributed by atoms with Gasteiger partial charge in [0.2, 0.25) is 5.82 Å². The molecular formula is C21H18ClFN4O2. The Hall–Kier alpha value is -3.19. The third kappa shape index (κ3) is 3.61. The van der Waals surface area contributed by atoms with E-state index in [0.29, 0.717) is 28.4 Å². The molecule has 1 aliphatic rings. The van der Waals surface area contributed by atoms with E-state index < -0.39 is 6.04 Å². The van der Waals surface area contributed by atoms with Crippen molar-refractivity contribution in [3.63, 3.8) is 0 Å².